The van der Waals surface area contributed by atoms with Gasteiger partial charge in [0.1, 0.15) is 0 Å². The van der Waals surface area contributed by atoms with Crippen molar-refractivity contribution in [1.82, 2.24) is 24.8 Å². The van der Waals surface area contributed by atoms with Crippen LogP contribution in [0, 0.1) is 0 Å². The second kappa shape index (κ2) is 12.3. The van der Waals surface area contributed by atoms with Crippen LogP contribution >= 0.6 is 22.9 Å². The van der Waals surface area contributed by atoms with E-state index in [1.807, 2.05) is 57.5 Å². The number of nitrogens with zero attached hydrogens (tertiary/aromatic N) is 5. The molecule has 0 bridgehead atoms. The van der Waals surface area contributed by atoms with Gasteiger partial charge in [-0.25, -0.2) is 19.7 Å². The summed E-state index contributed by atoms with van der Waals surface area (Å²) in [5, 5.41) is 8.33. The van der Waals surface area contributed by atoms with Gasteiger partial charge in [0.05, 0.1) is 22.9 Å². The van der Waals surface area contributed by atoms with Crippen molar-refractivity contribution in [3.05, 3.63) is 41.6 Å². The van der Waals surface area contributed by atoms with Gasteiger partial charge >= 0.3 is 6.09 Å². The van der Waals surface area contributed by atoms with Crippen molar-refractivity contribution < 1.29 is 9.53 Å². The van der Waals surface area contributed by atoms with Crippen molar-refractivity contribution >= 4 is 40.1 Å². The molecular formula is C25H32ClN7O2S. The Morgan fingerprint density at radius 1 is 1.22 bits per heavy atom. The third kappa shape index (κ3) is 6.83. The molecule has 1 aromatic carbocycles. The molecule has 4 rings (SSSR count). The smallest absolute Gasteiger partial charge is 0.409 e. The molecule has 9 nitrogen and oxygen atoms in total. The van der Waals surface area contributed by atoms with Gasteiger partial charge in [-0.1, -0.05) is 41.1 Å². The Morgan fingerprint density at radius 3 is 2.69 bits per heavy atom. The van der Waals surface area contributed by atoms with Gasteiger partial charge < -0.3 is 25.2 Å². The van der Waals surface area contributed by atoms with Gasteiger partial charge in [0.25, 0.3) is 0 Å². The second-order valence-electron chi connectivity index (χ2n) is 8.81. The summed E-state index contributed by atoms with van der Waals surface area (Å²) in [6, 6.07) is 9.88. The highest BCUT2D eigenvalue weighted by atomic mass is 35.5. The van der Waals surface area contributed by atoms with Gasteiger partial charge in [-0.05, 0) is 46.0 Å². The van der Waals surface area contributed by atoms with Crippen LogP contribution in [-0.4, -0.2) is 83.8 Å². The zero-order valence-corrected chi connectivity index (χ0v) is 22.4. The topological polar surface area (TPSA) is 95.5 Å². The molecular weight excluding hydrogens is 498 g/mol. The molecule has 0 spiro atoms. The highest BCUT2D eigenvalue weighted by Crippen LogP contribution is 2.33. The predicted octanol–water partition coefficient (Wildman–Crippen LogP) is 4.93. The first-order chi connectivity index (χ1) is 17.4. The molecule has 1 amide bonds. The molecule has 1 aliphatic heterocycles. The van der Waals surface area contributed by atoms with E-state index < -0.39 is 0 Å². The van der Waals surface area contributed by atoms with Gasteiger partial charge in [-0.15, -0.1) is 0 Å². The number of anilines is 2. The maximum Gasteiger partial charge on any atom is 0.409 e. The lowest BCUT2D eigenvalue weighted by atomic mass is 10.1. The van der Waals surface area contributed by atoms with E-state index in [1.165, 1.54) is 0 Å². The number of ether oxygens (including phenoxy) is 1. The highest BCUT2D eigenvalue weighted by Gasteiger charge is 2.24. The number of nitrogens with one attached hydrogen (secondary N) is 2. The first-order valence-corrected chi connectivity index (χ1v) is 13.3. The fraction of sp³-hybridized carbons (Fsp3) is 0.440. The van der Waals surface area contributed by atoms with Crippen LogP contribution in [0.4, 0.5) is 15.9 Å². The molecule has 0 atom stereocenters. The number of piperidine rings is 1. The number of amides is 1. The number of aromatic nitrogens is 3. The molecule has 2 aromatic heterocycles. The lowest BCUT2D eigenvalue weighted by molar-refractivity contribution is 0.0983. The van der Waals surface area contributed by atoms with Gasteiger partial charge in [-0.3, -0.25) is 0 Å². The van der Waals surface area contributed by atoms with E-state index in [0.29, 0.717) is 30.7 Å². The lowest BCUT2D eigenvalue weighted by Gasteiger charge is -2.31. The van der Waals surface area contributed by atoms with Crippen molar-refractivity contribution in [2.24, 2.45) is 0 Å². The highest BCUT2D eigenvalue weighted by molar-refractivity contribution is 7.18. The van der Waals surface area contributed by atoms with Gasteiger partial charge in [-0.2, -0.15) is 0 Å². The summed E-state index contributed by atoms with van der Waals surface area (Å²) in [7, 11) is 4.06. The quantitative estimate of drug-likeness (QED) is 0.403. The van der Waals surface area contributed by atoms with Crippen LogP contribution in [0.5, 0.6) is 0 Å². The van der Waals surface area contributed by atoms with Crippen molar-refractivity contribution in [2.45, 2.75) is 25.8 Å². The number of carbonyl (C=O) groups is 1. The molecule has 11 heteroatoms. The van der Waals surface area contributed by atoms with Crippen LogP contribution < -0.4 is 10.6 Å². The van der Waals surface area contributed by atoms with Crippen molar-refractivity contribution in [3.8, 4) is 21.8 Å². The number of halogens is 1. The van der Waals surface area contributed by atoms with Crippen LogP contribution in [0.2, 0.25) is 5.02 Å². The Balaban J connectivity index is 1.49. The van der Waals surface area contributed by atoms with E-state index in [0.717, 1.165) is 52.9 Å². The fourth-order valence-corrected chi connectivity index (χ4v) is 4.99. The van der Waals surface area contributed by atoms with Crippen molar-refractivity contribution in [2.75, 3.05) is 57.5 Å². The zero-order valence-electron chi connectivity index (χ0n) is 20.8. The second-order valence-corrected chi connectivity index (χ2v) is 10.2. The van der Waals surface area contributed by atoms with Crippen LogP contribution in [-0.2, 0) is 4.74 Å². The molecule has 3 aromatic rings. The average molecular weight is 530 g/mol. The zero-order chi connectivity index (χ0) is 25.5. The molecule has 1 aliphatic rings. The first-order valence-electron chi connectivity index (χ1n) is 12.1. The normalized spacial score (nSPS) is 14.2. The summed E-state index contributed by atoms with van der Waals surface area (Å²) < 4.78 is 5.11. The molecule has 2 N–H and O–H groups in total. The summed E-state index contributed by atoms with van der Waals surface area (Å²) in [6.07, 6.45) is 3.29. The number of likely N-dealkylation sites (N-methyl/N-ethyl adjacent to an activating group) is 1. The van der Waals surface area contributed by atoms with Gasteiger partial charge in [0.15, 0.2) is 5.13 Å². The molecule has 192 valence electrons. The summed E-state index contributed by atoms with van der Waals surface area (Å²) in [4.78, 5) is 30.8. The van der Waals surface area contributed by atoms with E-state index in [2.05, 4.69) is 20.5 Å². The summed E-state index contributed by atoms with van der Waals surface area (Å²) in [6.45, 7) is 5.14. The summed E-state index contributed by atoms with van der Waals surface area (Å²) in [5.41, 5.74) is 2.40. The van der Waals surface area contributed by atoms with Gasteiger partial charge in [0, 0.05) is 49.0 Å². The number of benzene rings is 1. The minimum atomic E-state index is -0.236. The molecule has 0 saturated carbocycles. The molecule has 36 heavy (non-hydrogen) atoms. The number of hydrogen-bond donors (Lipinski definition) is 2. The number of hydrogen-bond acceptors (Lipinski definition) is 9. The SMILES string of the molecule is CCOC(=O)N1CCC(Nc2ncc(-c3cc(-c4ccccc4Cl)nc(NCCN(C)C)n3)s2)CC1. The van der Waals surface area contributed by atoms with E-state index >= 15 is 0 Å². The summed E-state index contributed by atoms with van der Waals surface area (Å²) >= 11 is 8.03. The molecule has 3 heterocycles. The molecule has 0 unspecified atom stereocenters. The Morgan fingerprint density at radius 2 is 1.97 bits per heavy atom. The molecule has 0 aliphatic carbocycles. The maximum absolute atomic E-state index is 11.9. The average Bonchev–Trinajstić information content (AvgIpc) is 3.33. The monoisotopic (exact) mass is 529 g/mol. The molecule has 0 radical (unpaired) electrons. The fourth-order valence-electron chi connectivity index (χ4n) is 3.91. The largest absolute Gasteiger partial charge is 0.450 e. The first kappa shape index (κ1) is 26.1. The Labute approximate surface area is 220 Å². The predicted molar refractivity (Wildman–Crippen MR) is 146 cm³/mol. The Hall–Kier alpha value is -2.95. The standard InChI is InChI=1S/C25H32ClN7O2S/c1-4-35-25(34)33-12-9-17(10-13-33)29-24-28-16-22(36-24)21-15-20(18-7-5-6-8-19(18)26)30-23(31-21)27-11-14-32(2)3/h5-8,15-17H,4,9-14H2,1-3H3,(H,28,29)(H,27,30,31). The van der Waals surface area contributed by atoms with Crippen molar-refractivity contribution in [1.29, 1.82) is 0 Å². The van der Waals surface area contributed by atoms with E-state index in [9.17, 15) is 4.79 Å². The van der Waals surface area contributed by atoms with Crippen LogP contribution in [0.25, 0.3) is 21.8 Å². The summed E-state index contributed by atoms with van der Waals surface area (Å²) in [5.74, 6) is 0.554. The van der Waals surface area contributed by atoms with Crippen LogP contribution in [0.15, 0.2) is 36.5 Å². The number of likely N-dealkylation sites (tertiary alicyclic amines) is 1. The minimum Gasteiger partial charge on any atom is -0.450 e. The van der Waals surface area contributed by atoms with E-state index in [4.69, 9.17) is 26.3 Å². The van der Waals surface area contributed by atoms with Gasteiger partial charge in [0.2, 0.25) is 5.95 Å². The third-order valence-electron chi connectivity index (χ3n) is 5.82. The van der Waals surface area contributed by atoms with Crippen LogP contribution in [0.1, 0.15) is 19.8 Å². The van der Waals surface area contributed by atoms with E-state index in [1.54, 1.807) is 16.2 Å². The Bertz CT molecular complexity index is 1160. The number of carbonyl (C=O) groups excluding carboxylic acids is 1. The number of rotatable bonds is 9. The third-order valence-corrected chi connectivity index (χ3v) is 7.11. The minimum absolute atomic E-state index is 0.236. The lowest BCUT2D eigenvalue weighted by Crippen LogP contribution is -2.42. The van der Waals surface area contributed by atoms with E-state index in [-0.39, 0.29) is 12.1 Å². The maximum atomic E-state index is 11.9. The van der Waals surface area contributed by atoms with Crippen molar-refractivity contribution in [3.63, 3.8) is 0 Å². The molecule has 1 fully saturated rings. The number of thiazole rings is 1. The Kier molecular flexibility index (Phi) is 8.95. The molecule has 1 saturated heterocycles. The van der Waals surface area contributed by atoms with Crippen LogP contribution in [0.3, 0.4) is 0 Å².